The van der Waals surface area contributed by atoms with Gasteiger partial charge in [-0.05, 0) is 49.7 Å². The standard InChI is InChI=1S/C15H26N4OS/c1-3-19-11-13(10-17-19)12-4-7-18(8-5-12)15(20)14(16)6-9-21-2/h10-12,14H,3-9,16H2,1-2H3/t14-/m0/s1. The molecule has 0 saturated carbocycles. The van der Waals surface area contributed by atoms with Crippen LogP contribution < -0.4 is 5.73 Å². The Labute approximate surface area is 131 Å². The van der Waals surface area contributed by atoms with Gasteiger partial charge in [0.05, 0.1) is 12.2 Å². The molecule has 2 N–H and O–H groups in total. The van der Waals surface area contributed by atoms with Crippen molar-refractivity contribution in [3.05, 3.63) is 18.0 Å². The van der Waals surface area contributed by atoms with E-state index in [-0.39, 0.29) is 11.9 Å². The molecule has 1 aliphatic heterocycles. The molecular weight excluding hydrogens is 284 g/mol. The molecule has 21 heavy (non-hydrogen) atoms. The van der Waals surface area contributed by atoms with E-state index in [4.69, 9.17) is 5.73 Å². The van der Waals surface area contributed by atoms with E-state index in [1.807, 2.05) is 22.0 Å². The fourth-order valence-corrected chi connectivity index (χ4v) is 3.29. The largest absolute Gasteiger partial charge is 0.341 e. The molecule has 0 aromatic carbocycles. The number of carbonyl (C=O) groups is 1. The smallest absolute Gasteiger partial charge is 0.239 e. The van der Waals surface area contributed by atoms with Gasteiger partial charge in [-0.3, -0.25) is 9.48 Å². The minimum Gasteiger partial charge on any atom is -0.341 e. The highest BCUT2D eigenvalue weighted by Gasteiger charge is 2.27. The van der Waals surface area contributed by atoms with Crippen molar-refractivity contribution < 1.29 is 4.79 Å². The summed E-state index contributed by atoms with van der Waals surface area (Å²) in [6.45, 7) is 4.62. The van der Waals surface area contributed by atoms with Gasteiger partial charge in [0, 0.05) is 25.8 Å². The lowest BCUT2D eigenvalue weighted by atomic mass is 9.91. The summed E-state index contributed by atoms with van der Waals surface area (Å²) in [4.78, 5) is 14.2. The summed E-state index contributed by atoms with van der Waals surface area (Å²) in [5.74, 6) is 1.59. The quantitative estimate of drug-likeness (QED) is 0.868. The van der Waals surface area contributed by atoms with Gasteiger partial charge in [-0.25, -0.2) is 0 Å². The van der Waals surface area contributed by atoms with E-state index in [1.165, 1.54) is 5.56 Å². The number of nitrogens with zero attached hydrogens (tertiary/aromatic N) is 3. The van der Waals surface area contributed by atoms with Gasteiger partial charge in [-0.15, -0.1) is 0 Å². The van der Waals surface area contributed by atoms with Crippen molar-refractivity contribution in [2.24, 2.45) is 5.73 Å². The van der Waals surface area contributed by atoms with Gasteiger partial charge < -0.3 is 10.6 Å². The van der Waals surface area contributed by atoms with Gasteiger partial charge in [0.25, 0.3) is 0 Å². The average molecular weight is 310 g/mol. The SMILES string of the molecule is CCn1cc(C2CCN(C(=O)[C@@H](N)CCSC)CC2)cn1. The van der Waals surface area contributed by atoms with Crippen LogP contribution in [0.2, 0.25) is 0 Å². The van der Waals surface area contributed by atoms with E-state index in [0.717, 1.165) is 44.6 Å². The second kappa shape index (κ2) is 7.84. The van der Waals surface area contributed by atoms with E-state index >= 15 is 0 Å². The molecular formula is C15H26N4OS. The maximum atomic E-state index is 12.3. The Hall–Kier alpha value is -1.01. The Morgan fingerprint density at radius 2 is 2.24 bits per heavy atom. The minimum atomic E-state index is -0.336. The number of hydrogen-bond acceptors (Lipinski definition) is 4. The zero-order valence-electron chi connectivity index (χ0n) is 13.0. The molecule has 1 saturated heterocycles. The first-order valence-corrected chi connectivity index (χ1v) is 9.10. The van der Waals surface area contributed by atoms with E-state index in [9.17, 15) is 4.79 Å². The summed E-state index contributed by atoms with van der Waals surface area (Å²) in [6.07, 6.45) is 8.93. The maximum Gasteiger partial charge on any atom is 0.239 e. The van der Waals surface area contributed by atoms with Crippen molar-refractivity contribution in [1.29, 1.82) is 0 Å². The van der Waals surface area contributed by atoms with Crippen molar-refractivity contribution in [3.8, 4) is 0 Å². The summed E-state index contributed by atoms with van der Waals surface area (Å²) >= 11 is 1.74. The van der Waals surface area contributed by atoms with Gasteiger partial charge in [0.1, 0.15) is 0 Å². The molecule has 1 atom stereocenters. The Kier molecular flexibility index (Phi) is 6.11. The number of piperidine rings is 1. The number of rotatable bonds is 6. The van der Waals surface area contributed by atoms with Crippen LogP contribution in [0.4, 0.5) is 0 Å². The van der Waals surface area contributed by atoms with Crippen molar-refractivity contribution in [1.82, 2.24) is 14.7 Å². The van der Waals surface area contributed by atoms with Gasteiger partial charge in [0.15, 0.2) is 0 Å². The Bertz CT molecular complexity index is 454. The van der Waals surface area contributed by atoms with E-state index in [0.29, 0.717) is 5.92 Å². The van der Waals surface area contributed by atoms with Crippen LogP contribution in [0.5, 0.6) is 0 Å². The van der Waals surface area contributed by atoms with Crippen LogP contribution in [-0.2, 0) is 11.3 Å². The highest BCUT2D eigenvalue weighted by Crippen LogP contribution is 2.27. The number of aryl methyl sites for hydroxylation is 1. The van der Waals surface area contributed by atoms with Crippen LogP contribution in [0.15, 0.2) is 12.4 Å². The van der Waals surface area contributed by atoms with Crippen molar-refractivity contribution in [2.75, 3.05) is 25.1 Å². The lowest BCUT2D eigenvalue weighted by Crippen LogP contribution is -2.47. The number of aromatic nitrogens is 2. The topological polar surface area (TPSA) is 64.2 Å². The zero-order valence-corrected chi connectivity index (χ0v) is 13.8. The summed E-state index contributed by atoms with van der Waals surface area (Å²) in [5.41, 5.74) is 7.28. The molecule has 2 rings (SSSR count). The zero-order chi connectivity index (χ0) is 15.2. The molecule has 118 valence electrons. The molecule has 0 spiro atoms. The van der Waals surface area contributed by atoms with Crippen LogP contribution in [0, 0.1) is 0 Å². The lowest BCUT2D eigenvalue weighted by Gasteiger charge is -2.33. The molecule has 1 aromatic rings. The predicted octanol–water partition coefficient (Wildman–Crippen LogP) is 1.69. The molecule has 0 bridgehead atoms. The van der Waals surface area contributed by atoms with Gasteiger partial charge >= 0.3 is 0 Å². The Morgan fingerprint density at radius 1 is 1.52 bits per heavy atom. The summed E-state index contributed by atoms with van der Waals surface area (Å²) < 4.78 is 1.96. The number of nitrogens with two attached hydrogens (primary N) is 1. The second-order valence-electron chi connectivity index (χ2n) is 5.62. The Balaban J connectivity index is 1.83. The number of thioether (sulfide) groups is 1. The van der Waals surface area contributed by atoms with Crippen molar-refractivity contribution >= 4 is 17.7 Å². The van der Waals surface area contributed by atoms with Gasteiger partial charge in [-0.1, -0.05) is 0 Å². The highest BCUT2D eigenvalue weighted by atomic mass is 32.2. The van der Waals surface area contributed by atoms with Crippen LogP contribution in [-0.4, -0.2) is 51.7 Å². The third-order valence-corrected chi connectivity index (χ3v) is 4.85. The predicted molar refractivity (Wildman–Crippen MR) is 87.4 cm³/mol. The monoisotopic (exact) mass is 310 g/mol. The summed E-state index contributed by atoms with van der Waals surface area (Å²) in [5, 5.41) is 4.34. The first kappa shape index (κ1) is 16.4. The molecule has 1 fully saturated rings. The highest BCUT2D eigenvalue weighted by molar-refractivity contribution is 7.98. The lowest BCUT2D eigenvalue weighted by molar-refractivity contribution is -0.133. The molecule has 2 heterocycles. The van der Waals surface area contributed by atoms with Gasteiger partial charge in [0.2, 0.25) is 5.91 Å². The van der Waals surface area contributed by atoms with Crippen LogP contribution in [0.1, 0.15) is 37.7 Å². The van der Waals surface area contributed by atoms with Crippen LogP contribution >= 0.6 is 11.8 Å². The Morgan fingerprint density at radius 3 is 2.81 bits per heavy atom. The first-order chi connectivity index (χ1) is 10.2. The third-order valence-electron chi connectivity index (χ3n) is 4.21. The molecule has 1 aromatic heterocycles. The third kappa shape index (κ3) is 4.23. The molecule has 5 nitrogen and oxygen atoms in total. The molecule has 6 heteroatoms. The summed E-state index contributed by atoms with van der Waals surface area (Å²) in [7, 11) is 0. The number of carbonyl (C=O) groups excluding carboxylic acids is 1. The average Bonchev–Trinajstić information content (AvgIpc) is 3.01. The summed E-state index contributed by atoms with van der Waals surface area (Å²) in [6, 6.07) is -0.336. The van der Waals surface area contributed by atoms with Crippen LogP contribution in [0.25, 0.3) is 0 Å². The van der Waals surface area contributed by atoms with Gasteiger partial charge in [-0.2, -0.15) is 16.9 Å². The molecule has 1 aliphatic rings. The normalized spacial score (nSPS) is 18.0. The molecule has 0 radical (unpaired) electrons. The fourth-order valence-electron chi connectivity index (χ4n) is 2.80. The van der Waals surface area contributed by atoms with Crippen molar-refractivity contribution in [3.63, 3.8) is 0 Å². The number of amides is 1. The molecule has 0 aliphatic carbocycles. The maximum absolute atomic E-state index is 12.3. The second-order valence-corrected chi connectivity index (χ2v) is 6.60. The van der Waals surface area contributed by atoms with E-state index in [2.05, 4.69) is 18.2 Å². The number of likely N-dealkylation sites (tertiary alicyclic amines) is 1. The minimum absolute atomic E-state index is 0.117. The number of hydrogen-bond donors (Lipinski definition) is 1. The molecule has 0 unspecified atom stereocenters. The fraction of sp³-hybridized carbons (Fsp3) is 0.733. The first-order valence-electron chi connectivity index (χ1n) is 7.71. The van der Waals surface area contributed by atoms with E-state index in [1.54, 1.807) is 11.8 Å². The molecule has 1 amide bonds. The van der Waals surface area contributed by atoms with Crippen molar-refractivity contribution in [2.45, 2.75) is 44.7 Å². The van der Waals surface area contributed by atoms with E-state index < -0.39 is 0 Å². The van der Waals surface area contributed by atoms with Crippen LogP contribution in [0.3, 0.4) is 0 Å².